The molecule has 0 spiro atoms. The van der Waals surface area contributed by atoms with Gasteiger partial charge in [0.1, 0.15) is 0 Å². The maximum atomic E-state index is 9.98. The quantitative estimate of drug-likeness (QED) is 0.426. The van der Waals surface area contributed by atoms with Gasteiger partial charge in [0.05, 0.1) is 5.57 Å². The third kappa shape index (κ3) is 1.60. The predicted octanol–water partition coefficient (Wildman–Crippen LogP) is 1.01. The van der Waals surface area contributed by atoms with Crippen LogP contribution < -0.4 is 0 Å². The van der Waals surface area contributed by atoms with Gasteiger partial charge in [-0.2, -0.15) is 0 Å². The monoisotopic (exact) mass is 111 g/mol. The SMILES string of the molecule is [CH]=CC(=CC)C(=O)O. The third-order valence-electron chi connectivity index (χ3n) is 0.738. The Morgan fingerprint density at radius 1 is 1.75 bits per heavy atom. The Labute approximate surface area is 48.1 Å². The normalized spacial score (nSPS) is 10.9. The summed E-state index contributed by atoms with van der Waals surface area (Å²) < 4.78 is 0. The standard InChI is InChI=1S/C6H7O2/c1-3-5(4-2)6(7)8/h1,3-4H,2H3,(H,7,8). The molecule has 43 valence electrons. The lowest BCUT2D eigenvalue weighted by atomic mass is 10.3. The fourth-order valence-corrected chi connectivity index (χ4v) is 0.291. The van der Waals surface area contributed by atoms with E-state index >= 15 is 0 Å². The van der Waals surface area contributed by atoms with Gasteiger partial charge in [0, 0.05) is 0 Å². The molecule has 0 aliphatic carbocycles. The van der Waals surface area contributed by atoms with E-state index in [0.29, 0.717) is 0 Å². The highest BCUT2D eigenvalue weighted by Crippen LogP contribution is 1.92. The second kappa shape index (κ2) is 3.02. The van der Waals surface area contributed by atoms with Crippen molar-refractivity contribution in [2.75, 3.05) is 0 Å². The molecule has 0 aliphatic rings. The largest absolute Gasteiger partial charge is 0.478 e. The van der Waals surface area contributed by atoms with Crippen molar-refractivity contribution in [3.63, 3.8) is 0 Å². The minimum Gasteiger partial charge on any atom is -0.478 e. The molecular formula is C6H7O2. The van der Waals surface area contributed by atoms with Crippen molar-refractivity contribution in [1.29, 1.82) is 0 Å². The van der Waals surface area contributed by atoms with E-state index in [-0.39, 0.29) is 5.57 Å². The summed E-state index contributed by atoms with van der Waals surface area (Å²) in [4.78, 5) is 9.98. The van der Waals surface area contributed by atoms with Gasteiger partial charge in [-0.25, -0.2) is 4.79 Å². The van der Waals surface area contributed by atoms with Gasteiger partial charge in [0.15, 0.2) is 0 Å². The maximum Gasteiger partial charge on any atom is 0.335 e. The average Bonchev–Trinajstić information content (AvgIpc) is 1.69. The molecule has 0 aromatic heterocycles. The predicted molar refractivity (Wildman–Crippen MR) is 30.3 cm³/mol. The van der Waals surface area contributed by atoms with Crippen LogP contribution >= 0.6 is 0 Å². The summed E-state index contributed by atoms with van der Waals surface area (Å²) in [5.41, 5.74) is 0.130. The highest BCUT2D eigenvalue weighted by molar-refractivity contribution is 5.89. The van der Waals surface area contributed by atoms with E-state index in [4.69, 9.17) is 11.7 Å². The zero-order valence-electron chi connectivity index (χ0n) is 4.59. The number of carbonyl (C=O) groups is 1. The van der Waals surface area contributed by atoms with Crippen molar-refractivity contribution in [3.8, 4) is 0 Å². The summed E-state index contributed by atoms with van der Waals surface area (Å²) in [6.07, 6.45) is 2.49. The summed E-state index contributed by atoms with van der Waals surface area (Å²) in [7, 11) is 0. The molecule has 0 aromatic carbocycles. The van der Waals surface area contributed by atoms with Crippen molar-refractivity contribution in [2.45, 2.75) is 6.92 Å². The average molecular weight is 111 g/mol. The molecule has 0 atom stereocenters. The summed E-state index contributed by atoms with van der Waals surface area (Å²) in [6, 6.07) is 0. The van der Waals surface area contributed by atoms with E-state index in [0.717, 1.165) is 6.08 Å². The van der Waals surface area contributed by atoms with Gasteiger partial charge in [-0.15, -0.1) is 0 Å². The van der Waals surface area contributed by atoms with E-state index in [1.165, 1.54) is 6.08 Å². The summed E-state index contributed by atoms with van der Waals surface area (Å²) >= 11 is 0. The lowest BCUT2D eigenvalue weighted by Crippen LogP contribution is -1.95. The van der Waals surface area contributed by atoms with Crippen LogP contribution in [-0.4, -0.2) is 11.1 Å². The number of aliphatic carboxylic acids is 1. The molecule has 0 fully saturated rings. The van der Waals surface area contributed by atoms with Gasteiger partial charge in [-0.3, -0.25) is 0 Å². The first-order chi connectivity index (χ1) is 3.72. The van der Waals surface area contributed by atoms with Crippen LogP contribution in [0.1, 0.15) is 6.92 Å². The van der Waals surface area contributed by atoms with E-state index in [1.807, 2.05) is 0 Å². The third-order valence-corrected chi connectivity index (χ3v) is 0.738. The molecule has 0 aliphatic heterocycles. The Bertz CT molecular complexity index is 133. The van der Waals surface area contributed by atoms with Crippen LogP contribution in [0.4, 0.5) is 0 Å². The number of carboxylic acids is 1. The Morgan fingerprint density at radius 2 is 2.25 bits per heavy atom. The number of rotatable bonds is 2. The molecule has 1 N–H and O–H groups in total. The van der Waals surface area contributed by atoms with E-state index in [1.54, 1.807) is 6.92 Å². The lowest BCUT2D eigenvalue weighted by molar-refractivity contribution is -0.132. The van der Waals surface area contributed by atoms with Gasteiger partial charge in [-0.05, 0) is 13.0 Å². The van der Waals surface area contributed by atoms with Gasteiger partial charge >= 0.3 is 5.97 Å². The van der Waals surface area contributed by atoms with Crippen molar-refractivity contribution in [1.82, 2.24) is 0 Å². The minimum absolute atomic E-state index is 0.130. The van der Waals surface area contributed by atoms with E-state index < -0.39 is 5.97 Å². The molecule has 0 heterocycles. The molecule has 0 unspecified atom stereocenters. The molecule has 0 bridgehead atoms. The molecule has 0 amide bonds. The molecule has 2 heteroatoms. The van der Waals surface area contributed by atoms with Crippen LogP contribution in [0.25, 0.3) is 0 Å². The molecule has 0 saturated heterocycles. The summed E-state index contributed by atoms with van der Waals surface area (Å²) in [5.74, 6) is -0.991. The molecule has 0 rings (SSSR count). The highest BCUT2D eigenvalue weighted by Gasteiger charge is 1.96. The van der Waals surface area contributed by atoms with Gasteiger partial charge < -0.3 is 5.11 Å². The van der Waals surface area contributed by atoms with Crippen molar-refractivity contribution >= 4 is 5.97 Å². The molecule has 8 heavy (non-hydrogen) atoms. The second-order valence-corrected chi connectivity index (χ2v) is 1.22. The van der Waals surface area contributed by atoms with Crippen LogP contribution in [0, 0.1) is 6.58 Å². The zero-order chi connectivity index (χ0) is 6.57. The van der Waals surface area contributed by atoms with Crippen LogP contribution in [0.15, 0.2) is 17.7 Å². The van der Waals surface area contributed by atoms with Crippen LogP contribution in [0.3, 0.4) is 0 Å². The first-order valence-corrected chi connectivity index (χ1v) is 2.17. The Kier molecular flexibility index (Phi) is 2.62. The molecule has 2 nitrogen and oxygen atoms in total. The molecule has 0 saturated carbocycles. The van der Waals surface area contributed by atoms with Crippen molar-refractivity contribution in [2.24, 2.45) is 0 Å². The number of hydrogen-bond donors (Lipinski definition) is 1. The maximum absolute atomic E-state index is 9.98. The molecule has 0 aromatic rings. The number of hydrogen-bond acceptors (Lipinski definition) is 1. The Morgan fingerprint density at radius 3 is 2.25 bits per heavy atom. The fraction of sp³-hybridized carbons (Fsp3) is 0.167. The van der Waals surface area contributed by atoms with Crippen molar-refractivity contribution < 1.29 is 9.90 Å². The number of allylic oxidation sites excluding steroid dienone is 1. The summed E-state index contributed by atoms with van der Waals surface area (Å²) in [6.45, 7) is 6.53. The van der Waals surface area contributed by atoms with Gasteiger partial charge in [-0.1, -0.05) is 12.7 Å². The van der Waals surface area contributed by atoms with Gasteiger partial charge in [0.25, 0.3) is 0 Å². The second-order valence-electron chi connectivity index (χ2n) is 1.22. The summed E-state index contributed by atoms with van der Waals surface area (Å²) in [5, 5.41) is 8.19. The Hall–Kier alpha value is -1.05. The van der Waals surface area contributed by atoms with Crippen LogP contribution in [-0.2, 0) is 4.79 Å². The van der Waals surface area contributed by atoms with Crippen LogP contribution in [0.5, 0.6) is 0 Å². The van der Waals surface area contributed by atoms with Crippen LogP contribution in [0.2, 0.25) is 0 Å². The minimum atomic E-state index is -0.991. The fourth-order valence-electron chi connectivity index (χ4n) is 0.291. The topological polar surface area (TPSA) is 37.3 Å². The van der Waals surface area contributed by atoms with Crippen molar-refractivity contribution in [3.05, 3.63) is 24.3 Å². The van der Waals surface area contributed by atoms with E-state index in [2.05, 4.69) is 0 Å². The van der Waals surface area contributed by atoms with Gasteiger partial charge in [0.2, 0.25) is 0 Å². The lowest BCUT2D eigenvalue weighted by Gasteiger charge is -1.86. The zero-order valence-corrected chi connectivity index (χ0v) is 4.59. The Balaban J connectivity index is 4.13. The number of carboxylic acid groups (broad SMARTS) is 1. The highest BCUT2D eigenvalue weighted by atomic mass is 16.4. The first kappa shape index (κ1) is 6.95. The molecular weight excluding hydrogens is 104 g/mol. The van der Waals surface area contributed by atoms with E-state index in [9.17, 15) is 4.79 Å². The first-order valence-electron chi connectivity index (χ1n) is 2.17. The molecule has 1 radical (unpaired) electrons. The smallest absolute Gasteiger partial charge is 0.335 e.